The Balaban J connectivity index is 2.20. The molecule has 0 aliphatic heterocycles. The standard InChI is InChI=1S/C20H21Br2NO2/c1-4-13(2)16-7-5-6-8-18(16)23-19(24)10-9-14-11-15(21)12-17(22)20(14)25-3/h5-13H,4H2,1-3H3,(H,23,24)/b10-9+/t13-/m0/s1. The van der Waals surface area contributed by atoms with Gasteiger partial charge in [-0.1, -0.05) is 48.0 Å². The van der Waals surface area contributed by atoms with Crippen molar-refractivity contribution in [3.05, 3.63) is 62.5 Å². The van der Waals surface area contributed by atoms with E-state index < -0.39 is 0 Å². The zero-order valence-electron chi connectivity index (χ0n) is 14.5. The Hall–Kier alpha value is -1.59. The maximum atomic E-state index is 12.4. The third-order valence-corrected chi connectivity index (χ3v) is 5.06. The van der Waals surface area contributed by atoms with Crippen molar-refractivity contribution >= 4 is 49.5 Å². The van der Waals surface area contributed by atoms with Gasteiger partial charge in [0.25, 0.3) is 0 Å². The van der Waals surface area contributed by atoms with Gasteiger partial charge < -0.3 is 10.1 Å². The first-order valence-electron chi connectivity index (χ1n) is 8.07. The molecule has 2 aromatic carbocycles. The number of halogens is 2. The molecule has 0 aliphatic carbocycles. The maximum Gasteiger partial charge on any atom is 0.248 e. The molecule has 1 amide bonds. The van der Waals surface area contributed by atoms with Gasteiger partial charge in [0, 0.05) is 21.8 Å². The van der Waals surface area contributed by atoms with E-state index in [1.807, 2.05) is 30.3 Å². The molecule has 132 valence electrons. The SMILES string of the molecule is CC[C@H](C)c1ccccc1NC(=O)/C=C/c1cc(Br)cc(Br)c1OC. The molecule has 3 nitrogen and oxygen atoms in total. The largest absolute Gasteiger partial charge is 0.495 e. The summed E-state index contributed by atoms with van der Waals surface area (Å²) < 4.78 is 7.13. The van der Waals surface area contributed by atoms with Crippen molar-refractivity contribution in [3.63, 3.8) is 0 Å². The number of benzene rings is 2. The first-order valence-corrected chi connectivity index (χ1v) is 9.65. The van der Waals surface area contributed by atoms with Crippen molar-refractivity contribution in [2.24, 2.45) is 0 Å². The molecule has 2 rings (SSSR count). The second-order valence-electron chi connectivity index (χ2n) is 5.73. The van der Waals surface area contributed by atoms with Crippen LogP contribution in [-0.4, -0.2) is 13.0 Å². The molecule has 0 aliphatic rings. The minimum atomic E-state index is -0.172. The van der Waals surface area contributed by atoms with Gasteiger partial charge in [0.2, 0.25) is 5.91 Å². The van der Waals surface area contributed by atoms with Crippen molar-refractivity contribution in [2.75, 3.05) is 12.4 Å². The fourth-order valence-corrected chi connectivity index (χ4v) is 3.94. The van der Waals surface area contributed by atoms with E-state index in [-0.39, 0.29) is 5.91 Å². The number of carbonyl (C=O) groups excluding carboxylic acids is 1. The molecule has 0 bridgehead atoms. The summed E-state index contributed by atoms with van der Waals surface area (Å²) in [5, 5.41) is 2.97. The van der Waals surface area contributed by atoms with Crippen LogP contribution in [0.15, 0.2) is 51.4 Å². The van der Waals surface area contributed by atoms with Crippen molar-refractivity contribution in [2.45, 2.75) is 26.2 Å². The smallest absolute Gasteiger partial charge is 0.248 e. The number of nitrogens with one attached hydrogen (secondary N) is 1. The van der Waals surface area contributed by atoms with E-state index in [9.17, 15) is 4.79 Å². The van der Waals surface area contributed by atoms with Crippen molar-refractivity contribution < 1.29 is 9.53 Å². The van der Waals surface area contributed by atoms with Crippen LogP contribution in [0.5, 0.6) is 5.75 Å². The molecule has 0 heterocycles. The molecular formula is C20H21Br2NO2. The third kappa shape index (κ3) is 5.19. The van der Waals surface area contributed by atoms with Gasteiger partial charge in [-0.3, -0.25) is 4.79 Å². The highest BCUT2D eigenvalue weighted by Crippen LogP contribution is 2.33. The van der Waals surface area contributed by atoms with Crippen LogP contribution >= 0.6 is 31.9 Å². The zero-order chi connectivity index (χ0) is 18.4. The lowest BCUT2D eigenvalue weighted by atomic mass is 9.97. The Labute approximate surface area is 165 Å². The summed E-state index contributed by atoms with van der Waals surface area (Å²) in [6, 6.07) is 11.7. The number of anilines is 1. The Morgan fingerprint density at radius 1 is 1.28 bits per heavy atom. The predicted octanol–water partition coefficient (Wildman–Crippen LogP) is 6.39. The molecule has 2 aromatic rings. The molecule has 1 N–H and O–H groups in total. The Bertz CT molecular complexity index is 787. The molecule has 0 fully saturated rings. The Kier molecular flexibility index (Phi) is 7.26. The lowest BCUT2D eigenvalue weighted by molar-refractivity contribution is -0.111. The van der Waals surface area contributed by atoms with Gasteiger partial charge in [-0.2, -0.15) is 0 Å². The number of hydrogen-bond donors (Lipinski definition) is 1. The number of rotatable bonds is 6. The van der Waals surface area contributed by atoms with Crippen LogP contribution in [0.25, 0.3) is 6.08 Å². The first-order chi connectivity index (χ1) is 12.0. The third-order valence-electron chi connectivity index (χ3n) is 4.02. The van der Waals surface area contributed by atoms with Gasteiger partial charge in [0.15, 0.2) is 0 Å². The molecule has 0 spiro atoms. The number of carbonyl (C=O) groups is 1. The van der Waals surface area contributed by atoms with E-state index in [1.165, 1.54) is 6.08 Å². The summed E-state index contributed by atoms with van der Waals surface area (Å²) >= 11 is 6.91. The molecule has 0 aromatic heterocycles. The highest BCUT2D eigenvalue weighted by molar-refractivity contribution is 9.11. The second-order valence-corrected chi connectivity index (χ2v) is 7.50. The van der Waals surface area contributed by atoms with Gasteiger partial charge >= 0.3 is 0 Å². The van der Waals surface area contributed by atoms with E-state index in [1.54, 1.807) is 13.2 Å². The first kappa shape index (κ1) is 19.7. The highest BCUT2D eigenvalue weighted by atomic mass is 79.9. The van der Waals surface area contributed by atoms with Gasteiger partial charge in [0.1, 0.15) is 5.75 Å². The van der Waals surface area contributed by atoms with Crippen molar-refractivity contribution in [3.8, 4) is 5.75 Å². The molecule has 0 radical (unpaired) electrons. The topological polar surface area (TPSA) is 38.3 Å². The van der Waals surface area contributed by atoms with Crippen LogP contribution in [0.4, 0.5) is 5.69 Å². The fraction of sp³-hybridized carbons (Fsp3) is 0.250. The summed E-state index contributed by atoms with van der Waals surface area (Å²) in [6.07, 6.45) is 4.28. The van der Waals surface area contributed by atoms with E-state index in [4.69, 9.17) is 4.74 Å². The van der Waals surface area contributed by atoms with Gasteiger partial charge in [0.05, 0.1) is 11.6 Å². The Morgan fingerprint density at radius 2 is 2.00 bits per heavy atom. The van der Waals surface area contributed by atoms with Crippen LogP contribution < -0.4 is 10.1 Å². The summed E-state index contributed by atoms with van der Waals surface area (Å²) in [7, 11) is 1.60. The molecule has 0 saturated carbocycles. The van der Waals surface area contributed by atoms with Crippen LogP contribution in [-0.2, 0) is 4.79 Å². The minimum absolute atomic E-state index is 0.172. The van der Waals surface area contributed by atoms with Crippen molar-refractivity contribution in [1.29, 1.82) is 0 Å². The number of para-hydroxylation sites is 1. The normalized spacial score (nSPS) is 12.2. The number of amides is 1. The average Bonchev–Trinajstić information content (AvgIpc) is 2.59. The minimum Gasteiger partial charge on any atom is -0.495 e. The lowest BCUT2D eigenvalue weighted by Gasteiger charge is -2.14. The van der Waals surface area contributed by atoms with Crippen LogP contribution in [0.3, 0.4) is 0 Å². The summed E-state index contributed by atoms with van der Waals surface area (Å²) in [5.41, 5.74) is 2.82. The summed E-state index contributed by atoms with van der Waals surface area (Å²) in [5.74, 6) is 0.905. The molecule has 0 unspecified atom stereocenters. The predicted molar refractivity (Wildman–Crippen MR) is 111 cm³/mol. The Morgan fingerprint density at radius 3 is 2.68 bits per heavy atom. The number of ether oxygens (including phenoxy) is 1. The average molecular weight is 467 g/mol. The molecule has 5 heteroatoms. The maximum absolute atomic E-state index is 12.4. The van der Waals surface area contributed by atoms with Crippen LogP contribution in [0, 0.1) is 0 Å². The lowest BCUT2D eigenvalue weighted by Crippen LogP contribution is -2.10. The van der Waals surface area contributed by atoms with E-state index in [0.29, 0.717) is 11.7 Å². The highest BCUT2D eigenvalue weighted by Gasteiger charge is 2.11. The van der Waals surface area contributed by atoms with E-state index in [2.05, 4.69) is 57.1 Å². The molecule has 1 atom stereocenters. The van der Waals surface area contributed by atoms with Gasteiger partial charge in [-0.25, -0.2) is 0 Å². The number of hydrogen-bond acceptors (Lipinski definition) is 2. The fourth-order valence-electron chi connectivity index (χ4n) is 2.52. The second kappa shape index (κ2) is 9.20. The monoisotopic (exact) mass is 465 g/mol. The van der Waals surface area contributed by atoms with Crippen molar-refractivity contribution in [1.82, 2.24) is 0 Å². The summed E-state index contributed by atoms with van der Waals surface area (Å²) in [6.45, 7) is 4.30. The quantitative estimate of drug-likeness (QED) is 0.501. The van der Waals surface area contributed by atoms with E-state index in [0.717, 1.165) is 32.2 Å². The molecule has 0 saturated heterocycles. The molecular weight excluding hydrogens is 446 g/mol. The summed E-state index contributed by atoms with van der Waals surface area (Å²) in [4.78, 5) is 12.4. The zero-order valence-corrected chi connectivity index (χ0v) is 17.6. The van der Waals surface area contributed by atoms with Crippen LogP contribution in [0.1, 0.15) is 37.3 Å². The molecule has 25 heavy (non-hydrogen) atoms. The van der Waals surface area contributed by atoms with Crippen LogP contribution in [0.2, 0.25) is 0 Å². The van der Waals surface area contributed by atoms with Gasteiger partial charge in [-0.15, -0.1) is 0 Å². The number of methoxy groups -OCH3 is 1. The van der Waals surface area contributed by atoms with Gasteiger partial charge in [-0.05, 0) is 58.1 Å². The van der Waals surface area contributed by atoms with E-state index >= 15 is 0 Å².